The molecule has 0 aliphatic carbocycles. The molecule has 1 aliphatic heterocycles. The second-order valence-electron chi connectivity index (χ2n) is 4.65. The Bertz CT molecular complexity index is 333. The summed E-state index contributed by atoms with van der Waals surface area (Å²) in [6.45, 7) is 5.08. The van der Waals surface area contributed by atoms with Gasteiger partial charge in [0, 0.05) is 24.2 Å². The Balaban J connectivity index is 1.89. The van der Waals surface area contributed by atoms with Crippen LogP contribution in [-0.2, 0) is 4.74 Å². The molecule has 0 spiro atoms. The first-order chi connectivity index (χ1) is 8.29. The molecule has 0 aromatic heterocycles. The molecule has 1 heterocycles. The third kappa shape index (κ3) is 3.70. The molecule has 0 amide bonds. The van der Waals surface area contributed by atoms with Crippen LogP contribution in [0.2, 0.25) is 5.02 Å². The number of nitrogens with one attached hydrogen (secondary N) is 1. The van der Waals surface area contributed by atoms with E-state index in [9.17, 15) is 0 Å². The monoisotopic (exact) mass is 253 g/mol. The molecule has 1 fully saturated rings. The summed E-state index contributed by atoms with van der Waals surface area (Å²) in [7, 11) is 0. The Kier molecular flexibility index (Phi) is 4.84. The van der Waals surface area contributed by atoms with Gasteiger partial charge >= 0.3 is 0 Å². The summed E-state index contributed by atoms with van der Waals surface area (Å²) < 4.78 is 5.39. The largest absolute Gasteiger partial charge is 0.381 e. The highest BCUT2D eigenvalue weighted by Crippen LogP contribution is 2.20. The van der Waals surface area contributed by atoms with Gasteiger partial charge in [-0.25, -0.2) is 0 Å². The van der Waals surface area contributed by atoms with Crippen LogP contribution in [0, 0.1) is 5.92 Å². The number of benzene rings is 1. The molecular weight excluding hydrogens is 234 g/mol. The lowest BCUT2D eigenvalue weighted by Gasteiger charge is -2.19. The van der Waals surface area contributed by atoms with Crippen molar-refractivity contribution in [3.8, 4) is 0 Å². The minimum Gasteiger partial charge on any atom is -0.381 e. The Morgan fingerprint density at radius 3 is 2.76 bits per heavy atom. The molecule has 0 saturated carbocycles. The van der Waals surface area contributed by atoms with Crippen LogP contribution in [0.5, 0.6) is 0 Å². The van der Waals surface area contributed by atoms with Crippen LogP contribution in [0.1, 0.15) is 31.4 Å². The van der Waals surface area contributed by atoms with Gasteiger partial charge in [-0.2, -0.15) is 0 Å². The number of halogens is 1. The van der Waals surface area contributed by atoms with Crippen molar-refractivity contribution in [3.63, 3.8) is 0 Å². The van der Waals surface area contributed by atoms with Crippen molar-refractivity contribution < 1.29 is 4.74 Å². The van der Waals surface area contributed by atoms with Gasteiger partial charge in [0.25, 0.3) is 0 Å². The second kappa shape index (κ2) is 6.39. The fraction of sp³-hybridized carbons (Fsp3) is 0.571. The molecule has 17 heavy (non-hydrogen) atoms. The first-order valence-electron chi connectivity index (χ1n) is 6.36. The SMILES string of the molecule is CCC(NCC1CCOC1)c1ccc(Cl)cc1. The molecular formula is C14H20ClNO. The summed E-state index contributed by atoms with van der Waals surface area (Å²) in [6.07, 6.45) is 2.28. The van der Waals surface area contributed by atoms with Crippen molar-refractivity contribution in [1.29, 1.82) is 0 Å². The number of rotatable bonds is 5. The third-order valence-corrected chi connectivity index (χ3v) is 3.61. The van der Waals surface area contributed by atoms with E-state index in [1.807, 2.05) is 12.1 Å². The lowest BCUT2D eigenvalue weighted by molar-refractivity contribution is 0.184. The van der Waals surface area contributed by atoms with Gasteiger partial charge < -0.3 is 10.1 Å². The van der Waals surface area contributed by atoms with Crippen molar-refractivity contribution in [2.75, 3.05) is 19.8 Å². The molecule has 1 aromatic carbocycles. The van der Waals surface area contributed by atoms with E-state index >= 15 is 0 Å². The zero-order valence-corrected chi connectivity index (χ0v) is 11.0. The molecule has 1 aliphatic rings. The molecule has 1 N–H and O–H groups in total. The van der Waals surface area contributed by atoms with Crippen LogP contribution in [0.3, 0.4) is 0 Å². The third-order valence-electron chi connectivity index (χ3n) is 3.36. The molecule has 3 heteroatoms. The second-order valence-corrected chi connectivity index (χ2v) is 5.09. The highest BCUT2D eigenvalue weighted by atomic mass is 35.5. The Labute approximate surface area is 108 Å². The molecule has 2 rings (SSSR count). The van der Waals surface area contributed by atoms with Crippen molar-refractivity contribution in [3.05, 3.63) is 34.9 Å². The summed E-state index contributed by atoms with van der Waals surface area (Å²) >= 11 is 5.90. The quantitative estimate of drug-likeness (QED) is 0.868. The fourth-order valence-corrected chi connectivity index (χ4v) is 2.37. The predicted molar refractivity (Wildman–Crippen MR) is 71.4 cm³/mol. The molecule has 2 nitrogen and oxygen atoms in total. The summed E-state index contributed by atoms with van der Waals surface area (Å²) in [6, 6.07) is 8.55. The van der Waals surface area contributed by atoms with Gasteiger partial charge in [-0.15, -0.1) is 0 Å². The smallest absolute Gasteiger partial charge is 0.0507 e. The predicted octanol–water partition coefficient (Wildman–Crippen LogP) is 3.42. The molecule has 94 valence electrons. The average Bonchev–Trinajstić information content (AvgIpc) is 2.85. The van der Waals surface area contributed by atoms with Crippen molar-refractivity contribution >= 4 is 11.6 Å². The molecule has 1 saturated heterocycles. The first-order valence-corrected chi connectivity index (χ1v) is 6.74. The van der Waals surface area contributed by atoms with Crippen LogP contribution in [0.4, 0.5) is 0 Å². The van der Waals surface area contributed by atoms with E-state index in [1.54, 1.807) is 0 Å². The highest BCUT2D eigenvalue weighted by Gasteiger charge is 2.17. The summed E-state index contributed by atoms with van der Waals surface area (Å²) in [5, 5.41) is 4.42. The van der Waals surface area contributed by atoms with Crippen LogP contribution in [-0.4, -0.2) is 19.8 Å². The minimum atomic E-state index is 0.424. The molecule has 1 aromatic rings. The van der Waals surface area contributed by atoms with Crippen LogP contribution in [0.15, 0.2) is 24.3 Å². The number of ether oxygens (including phenoxy) is 1. The fourth-order valence-electron chi connectivity index (χ4n) is 2.25. The van der Waals surface area contributed by atoms with Gasteiger partial charge in [0.2, 0.25) is 0 Å². The van der Waals surface area contributed by atoms with Crippen molar-refractivity contribution in [1.82, 2.24) is 5.32 Å². The van der Waals surface area contributed by atoms with E-state index in [-0.39, 0.29) is 0 Å². The Morgan fingerprint density at radius 1 is 1.41 bits per heavy atom. The summed E-state index contributed by atoms with van der Waals surface area (Å²) in [4.78, 5) is 0. The van der Waals surface area contributed by atoms with Crippen LogP contribution >= 0.6 is 11.6 Å². The van der Waals surface area contributed by atoms with Crippen LogP contribution < -0.4 is 5.32 Å². The van der Waals surface area contributed by atoms with Gasteiger partial charge in [0.05, 0.1) is 6.61 Å². The summed E-state index contributed by atoms with van der Waals surface area (Å²) in [5.74, 6) is 0.677. The summed E-state index contributed by atoms with van der Waals surface area (Å²) in [5.41, 5.74) is 1.32. The highest BCUT2D eigenvalue weighted by molar-refractivity contribution is 6.30. The minimum absolute atomic E-state index is 0.424. The van der Waals surface area contributed by atoms with Gasteiger partial charge in [0.15, 0.2) is 0 Å². The number of hydrogen-bond donors (Lipinski definition) is 1. The normalized spacial score (nSPS) is 21.6. The maximum absolute atomic E-state index is 5.90. The van der Waals surface area contributed by atoms with E-state index < -0.39 is 0 Å². The lowest BCUT2D eigenvalue weighted by Crippen LogP contribution is -2.27. The van der Waals surface area contributed by atoms with E-state index in [0.29, 0.717) is 12.0 Å². The molecule has 0 radical (unpaired) electrons. The lowest BCUT2D eigenvalue weighted by atomic mass is 10.0. The van der Waals surface area contributed by atoms with Crippen LogP contribution in [0.25, 0.3) is 0 Å². The van der Waals surface area contributed by atoms with Gasteiger partial charge in [-0.3, -0.25) is 0 Å². The zero-order valence-electron chi connectivity index (χ0n) is 10.3. The molecule has 2 unspecified atom stereocenters. The van der Waals surface area contributed by atoms with E-state index in [0.717, 1.165) is 31.2 Å². The molecule has 2 atom stereocenters. The van der Waals surface area contributed by atoms with Gasteiger partial charge in [-0.05, 0) is 36.5 Å². The zero-order chi connectivity index (χ0) is 12.1. The number of hydrogen-bond acceptors (Lipinski definition) is 2. The topological polar surface area (TPSA) is 21.3 Å². The average molecular weight is 254 g/mol. The van der Waals surface area contributed by atoms with E-state index in [1.165, 1.54) is 12.0 Å². The standard InChI is InChI=1S/C14H20ClNO/c1-2-14(12-3-5-13(15)6-4-12)16-9-11-7-8-17-10-11/h3-6,11,14,16H,2,7-10H2,1H3. The Morgan fingerprint density at radius 2 is 2.18 bits per heavy atom. The maximum Gasteiger partial charge on any atom is 0.0507 e. The van der Waals surface area contributed by atoms with E-state index in [2.05, 4.69) is 24.4 Å². The van der Waals surface area contributed by atoms with E-state index in [4.69, 9.17) is 16.3 Å². The van der Waals surface area contributed by atoms with Crippen molar-refractivity contribution in [2.24, 2.45) is 5.92 Å². The van der Waals surface area contributed by atoms with Gasteiger partial charge in [0.1, 0.15) is 0 Å². The Hall–Kier alpha value is -0.570. The first kappa shape index (κ1) is 12.9. The maximum atomic E-state index is 5.90. The molecule has 0 bridgehead atoms. The van der Waals surface area contributed by atoms with Crippen molar-refractivity contribution in [2.45, 2.75) is 25.8 Å². The van der Waals surface area contributed by atoms with Gasteiger partial charge in [-0.1, -0.05) is 30.7 Å².